The molecule has 0 spiro atoms. The van der Waals surface area contributed by atoms with E-state index in [2.05, 4.69) is 19.6 Å². The molecular weight excluding hydrogens is 198 g/mol. The van der Waals surface area contributed by atoms with Gasteiger partial charge in [-0.15, -0.1) is 6.58 Å². The van der Waals surface area contributed by atoms with Crippen molar-refractivity contribution in [1.29, 1.82) is 0 Å². The van der Waals surface area contributed by atoms with Crippen molar-refractivity contribution < 1.29 is 4.74 Å². The van der Waals surface area contributed by atoms with Crippen molar-refractivity contribution in [3.05, 3.63) is 41.5 Å². The summed E-state index contributed by atoms with van der Waals surface area (Å²) in [5.41, 5.74) is 9.28. The third kappa shape index (κ3) is 3.70. The smallest absolute Gasteiger partial charge is 0.124 e. The van der Waals surface area contributed by atoms with Crippen molar-refractivity contribution in [2.24, 2.45) is 5.73 Å². The molecular formula is C14H21NO. The summed E-state index contributed by atoms with van der Waals surface area (Å²) in [6.45, 7) is 10.5. The van der Waals surface area contributed by atoms with Crippen molar-refractivity contribution in [3.8, 4) is 5.75 Å². The molecule has 1 atom stereocenters. The maximum atomic E-state index is 5.90. The fraction of sp³-hybridized carbons (Fsp3) is 0.429. The summed E-state index contributed by atoms with van der Waals surface area (Å²) in [6.07, 6.45) is 0.881. The molecule has 2 heteroatoms. The van der Waals surface area contributed by atoms with Crippen LogP contribution in [-0.4, -0.2) is 6.61 Å². The van der Waals surface area contributed by atoms with Gasteiger partial charge in [0.1, 0.15) is 5.75 Å². The zero-order chi connectivity index (χ0) is 12.1. The average Bonchev–Trinajstić information content (AvgIpc) is 2.16. The Morgan fingerprint density at radius 2 is 2.19 bits per heavy atom. The van der Waals surface area contributed by atoms with E-state index in [1.807, 2.05) is 26.0 Å². The minimum absolute atomic E-state index is 0.000396. The third-order valence-electron chi connectivity index (χ3n) is 2.45. The van der Waals surface area contributed by atoms with Crippen LogP contribution >= 0.6 is 0 Å². The Hall–Kier alpha value is -1.28. The molecule has 1 aromatic rings. The molecule has 1 aromatic carbocycles. The van der Waals surface area contributed by atoms with E-state index in [9.17, 15) is 0 Å². The van der Waals surface area contributed by atoms with Crippen LogP contribution in [0.3, 0.4) is 0 Å². The normalized spacial score (nSPS) is 12.2. The topological polar surface area (TPSA) is 35.2 Å². The van der Waals surface area contributed by atoms with Gasteiger partial charge in [-0.2, -0.15) is 0 Å². The first-order valence-electron chi connectivity index (χ1n) is 5.64. The molecule has 0 aromatic heterocycles. The molecule has 0 unspecified atom stereocenters. The lowest BCUT2D eigenvalue weighted by Crippen LogP contribution is -2.09. The largest absolute Gasteiger partial charge is 0.493 e. The first kappa shape index (κ1) is 12.8. The highest BCUT2D eigenvalue weighted by molar-refractivity contribution is 5.38. The monoisotopic (exact) mass is 219 g/mol. The average molecular weight is 219 g/mol. The van der Waals surface area contributed by atoms with Crippen molar-refractivity contribution in [3.63, 3.8) is 0 Å². The Morgan fingerprint density at radius 1 is 1.50 bits per heavy atom. The number of hydrogen-bond donors (Lipinski definition) is 1. The SMILES string of the molecule is C=C(C)CCOc1cc(C)ccc1[C@H](C)N. The van der Waals surface area contributed by atoms with Gasteiger partial charge in [-0.25, -0.2) is 0 Å². The number of aryl methyl sites for hydroxylation is 1. The molecule has 0 aliphatic heterocycles. The minimum atomic E-state index is 0.000396. The summed E-state index contributed by atoms with van der Waals surface area (Å²) in [6, 6.07) is 6.14. The second-order valence-corrected chi connectivity index (χ2v) is 4.39. The van der Waals surface area contributed by atoms with Crippen LogP contribution in [0.5, 0.6) is 5.75 Å². The van der Waals surface area contributed by atoms with E-state index in [1.165, 1.54) is 5.56 Å². The van der Waals surface area contributed by atoms with Crippen molar-refractivity contribution in [2.75, 3.05) is 6.61 Å². The van der Waals surface area contributed by atoms with Gasteiger partial charge in [0.15, 0.2) is 0 Å². The van der Waals surface area contributed by atoms with E-state index in [4.69, 9.17) is 10.5 Å². The molecule has 0 saturated carbocycles. The number of nitrogens with two attached hydrogens (primary N) is 1. The third-order valence-corrected chi connectivity index (χ3v) is 2.45. The van der Waals surface area contributed by atoms with Crippen LogP contribution in [0.25, 0.3) is 0 Å². The zero-order valence-electron chi connectivity index (χ0n) is 10.4. The fourth-order valence-corrected chi connectivity index (χ4v) is 1.48. The Balaban J connectivity index is 2.76. The molecule has 16 heavy (non-hydrogen) atoms. The molecule has 2 N–H and O–H groups in total. The maximum Gasteiger partial charge on any atom is 0.124 e. The number of ether oxygens (including phenoxy) is 1. The molecule has 1 rings (SSSR count). The second-order valence-electron chi connectivity index (χ2n) is 4.39. The molecule has 0 saturated heterocycles. The molecule has 0 bridgehead atoms. The Bertz CT molecular complexity index is 369. The predicted octanol–water partition coefficient (Wildman–Crippen LogP) is 3.36. The van der Waals surface area contributed by atoms with Gasteiger partial charge in [0.05, 0.1) is 6.61 Å². The van der Waals surface area contributed by atoms with Crippen molar-refractivity contribution >= 4 is 0 Å². The highest BCUT2D eigenvalue weighted by Gasteiger charge is 2.07. The van der Waals surface area contributed by atoms with Crippen LogP contribution in [0, 0.1) is 6.92 Å². The predicted molar refractivity (Wildman–Crippen MR) is 68.7 cm³/mol. The van der Waals surface area contributed by atoms with Gasteiger partial charge in [0.2, 0.25) is 0 Å². The van der Waals surface area contributed by atoms with Crippen LogP contribution in [-0.2, 0) is 0 Å². The van der Waals surface area contributed by atoms with Crippen LogP contribution < -0.4 is 10.5 Å². The second kappa shape index (κ2) is 5.71. The quantitative estimate of drug-likeness (QED) is 0.771. The van der Waals surface area contributed by atoms with E-state index in [1.54, 1.807) is 0 Å². The lowest BCUT2D eigenvalue weighted by atomic mass is 10.1. The summed E-state index contributed by atoms with van der Waals surface area (Å²) in [7, 11) is 0. The van der Waals surface area contributed by atoms with Crippen LogP contribution in [0.2, 0.25) is 0 Å². The molecule has 0 amide bonds. The molecule has 0 aliphatic rings. The zero-order valence-corrected chi connectivity index (χ0v) is 10.4. The van der Waals surface area contributed by atoms with Crippen LogP contribution in [0.4, 0.5) is 0 Å². The number of rotatable bonds is 5. The Kier molecular flexibility index (Phi) is 4.56. The van der Waals surface area contributed by atoms with Gasteiger partial charge in [-0.3, -0.25) is 0 Å². The van der Waals surface area contributed by atoms with Gasteiger partial charge in [-0.05, 0) is 32.4 Å². The molecule has 0 fully saturated rings. The fourth-order valence-electron chi connectivity index (χ4n) is 1.48. The Labute approximate surface area is 98.1 Å². The van der Waals surface area contributed by atoms with E-state index >= 15 is 0 Å². The minimum Gasteiger partial charge on any atom is -0.493 e. The van der Waals surface area contributed by atoms with Crippen molar-refractivity contribution in [2.45, 2.75) is 33.2 Å². The maximum absolute atomic E-state index is 5.90. The highest BCUT2D eigenvalue weighted by Crippen LogP contribution is 2.25. The van der Waals surface area contributed by atoms with Gasteiger partial charge >= 0.3 is 0 Å². The summed E-state index contributed by atoms with van der Waals surface area (Å²) >= 11 is 0. The summed E-state index contributed by atoms with van der Waals surface area (Å²) in [4.78, 5) is 0. The number of hydrogen-bond acceptors (Lipinski definition) is 2. The first-order chi connectivity index (χ1) is 7.50. The van der Waals surface area contributed by atoms with Gasteiger partial charge in [0.25, 0.3) is 0 Å². The molecule has 2 nitrogen and oxygen atoms in total. The standard InChI is InChI=1S/C14H21NO/c1-10(2)7-8-16-14-9-11(3)5-6-13(14)12(4)15/h5-6,9,12H,1,7-8,15H2,2-4H3/t12-/m0/s1. The summed E-state index contributed by atoms with van der Waals surface area (Å²) in [5.74, 6) is 0.899. The molecule has 0 radical (unpaired) electrons. The van der Waals surface area contributed by atoms with E-state index < -0.39 is 0 Å². The van der Waals surface area contributed by atoms with Crippen LogP contribution in [0.15, 0.2) is 30.4 Å². The van der Waals surface area contributed by atoms with E-state index in [-0.39, 0.29) is 6.04 Å². The van der Waals surface area contributed by atoms with Gasteiger partial charge < -0.3 is 10.5 Å². The van der Waals surface area contributed by atoms with Crippen LogP contribution in [0.1, 0.15) is 37.4 Å². The van der Waals surface area contributed by atoms with Gasteiger partial charge in [-0.1, -0.05) is 17.7 Å². The van der Waals surface area contributed by atoms with E-state index in [0.29, 0.717) is 6.61 Å². The van der Waals surface area contributed by atoms with E-state index in [0.717, 1.165) is 23.3 Å². The van der Waals surface area contributed by atoms with Gasteiger partial charge in [0, 0.05) is 18.0 Å². The summed E-state index contributed by atoms with van der Waals surface area (Å²) in [5, 5.41) is 0. The molecule has 0 heterocycles. The summed E-state index contributed by atoms with van der Waals surface area (Å²) < 4.78 is 5.75. The first-order valence-corrected chi connectivity index (χ1v) is 5.64. The Morgan fingerprint density at radius 3 is 2.75 bits per heavy atom. The highest BCUT2D eigenvalue weighted by atomic mass is 16.5. The lowest BCUT2D eigenvalue weighted by molar-refractivity contribution is 0.316. The number of benzene rings is 1. The van der Waals surface area contributed by atoms with Crippen molar-refractivity contribution in [1.82, 2.24) is 0 Å². The molecule has 0 aliphatic carbocycles. The molecule has 88 valence electrons. The lowest BCUT2D eigenvalue weighted by Gasteiger charge is -2.14.